The van der Waals surface area contributed by atoms with Gasteiger partial charge in [0.25, 0.3) is 0 Å². The number of aryl methyl sites for hydroxylation is 1. The summed E-state index contributed by atoms with van der Waals surface area (Å²) < 4.78 is 0. The zero-order valence-corrected chi connectivity index (χ0v) is 13.5. The molecule has 21 heavy (non-hydrogen) atoms. The number of nitrogens with one attached hydrogen (secondary N) is 1. The third-order valence-corrected chi connectivity index (χ3v) is 4.82. The van der Waals surface area contributed by atoms with E-state index in [1.54, 1.807) is 0 Å². The Balaban J connectivity index is 2.00. The van der Waals surface area contributed by atoms with Crippen LogP contribution in [0.3, 0.4) is 0 Å². The molecule has 3 nitrogen and oxygen atoms in total. The van der Waals surface area contributed by atoms with Gasteiger partial charge in [0, 0.05) is 5.54 Å². The van der Waals surface area contributed by atoms with Crippen LogP contribution in [0.25, 0.3) is 0 Å². The van der Waals surface area contributed by atoms with Crippen LogP contribution in [0, 0.1) is 5.92 Å². The molecule has 1 fully saturated rings. The summed E-state index contributed by atoms with van der Waals surface area (Å²) in [7, 11) is 0. The van der Waals surface area contributed by atoms with Gasteiger partial charge in [-0.15, -0.1) is 0 Å². The molecule has 0 bridgehead atoms. The molecule has 0 saturated heterocycles. The molecule has 0 heterocycles. The number of rotatable bonds is 4. The van der Waals surface area contributed by atoms with Gasteiger partial charge in [0.05, 0.1) is 12.0 Å². The summed E-state index contributed by atoms with van der Waals surface area (Å²) in [6.45, 7) is 6.19. The van der Waals surface area contributed by atoms with Gasteiger partial charge < -0.3 is 11.1 Å². The normalized spacial score (nSPS) is 27.1. The van der Waals surface area contributed by atoms with Crippen molar-refractivity contribution in [2.75, 3.05) is 0 Å². The molecule has 1 amide bonds. The van der Waals surface area contributed by atoms with Crippen LogP contribution in [0.1, 0.15) is 63.6 Å². The summed E-state index contributed by atoms with van der Waals surface area (Å²) in [4.78, 5) is 12.5. The quantitative estimate of drug-likeness (QED) is 0.893. The van der Waals surface area contributed by atoms with E-state index in [4.69, 9.17) is 5.73 Å². The second-order valence-corrected chi connectivity index (χ2v) is 6.63. The van der Waals surface area contributed by atoms with Crippen LogP contribution in [0.2, 0.25) is 0 Å². The highest BCUT2D eigenvalue weighted by atomic mass is 16.2. The van der Waals surface area contributed by atoms with Gasteiger partial charge in [-0.3, -0.25) is 4.79 Å². The van der Waals surface area contributed by atoms with E-state index >= 15 is 0 Å². The maximum atomic E-state index is 12.5. The summed E-state index contributed by atoms with van der Waals surface area (Å²) in [5.74, 6) is 0.0374. The van der Waals surface area contributed by atoms with E-state index in [9.17, 15) is 4.79 Å². The molecule has 2 rings (SSSR count). The van der Waals surface area contributed by atoms with E-state index in [2.05, 4.69) is 36.5 Å². The molecule has 3 atom stereocenters. The fraction of sp³-hybridized carbons (Fsp3) is 0.611. The lowest BCUT2D eigenvalue weighted by Gasteiger charge is -2.37. The third kappa shape index (κ3) is 3.85. The first-order valence-corrected chi connectivity index (χ1v) is 8.12. The van der Waals surface area contributed by atoms with Crippen LogP contribution < -0.4 is 11.1 Å². The summed E-state index contributed by atoms with van der Waals surface area (Å²) in [5, 5.41) is 3.14. The summed E-state index contributed by atoms with van der Waals surface area (Å²) in [6.07, 6.45) is 5.11. The lowest BCUT2D eigenvalue weighted by Crippen LogP contribution is -2.53. The molecule has 0 radical (unpaired) electrons. The van der Waals surface area contributed by atoms with Crippen LogP contribution in [-0.2, 0) is 11.2 Å². The minimum absolute atomic E-state index is 0.0288. The fourth-order valence-electron chi connectivity index (χ4n) is 3.23. The second-order valence-electron chi connectivity index (χ2n) is 6.63. The predicted molar refractivity (Wildman–Crippen MR) is 86.9 cm³/mol. The molecule has 116 valence electrons. The molecule has 3 unspecified atom stereocenters. The van der Waals surface area contributed by atoms with Gasteiger partial charge in [0.1, 0.15) is 0 Å². The first-order valence-electron chi connectivity index (χ1n) is 8.12. The van der Waals surface area contributed by atoms with Crippen molar-refractivity contribution < 1.29 is 4.79 Å². The maximum Gasteiger partial charge on any atom is 0.225 e. The van der Waals surface area contributed by atoms with E-state index in [-0.39, 0.29) is 23.4 Å². The molecule has 0 aromatic heterocycles. The van der Waals surface area contributed by atoms with E-state index in [1.165, 1.54) is 5.56 Å². The zero-order chi connectivity index (χ0) is 15.5. The van der Waals surface area contributed by atoms with Crippen molar-refractivity contribution in [3.8, 4) is 0 Å². The van der Waals surface area contributed by atoms with Crippen LogP contribution in [0.15, 0.2) is 24.3 Å². The Morgan fingerprint density at radius 3 is 2.62 bits per heavy atom. The smallest absolute Gasteiger partial charge is 0.225 e. The van der Waals surface area contributed by atoms with Crippen molar-refractivity contribution in [3.05, 3.63) is 35.4 Å². The van der Waals surface area contributed by atoms with Gasteiger partial charge in [-0.05, 0) is 44.2 Å². The van der Waals surface area contributed by atoms with Crippen molar-refractivity contribution in [1.29, 1.82) is 0 Å². The molecule has 1 aromatic carbocycles. The summed E-state index contributed by atoms with van der Waals surface area (Å²) in [5.41, 5.74) is 8.41. The lowest BCUT2D eigenvalue weighted by molar-refractivity contribution is -0.128. The molecule has 1 saturated carbocycles. The minimum Gasteiger partial charge on any atom is -0.349 e. The number of carbonyl (C=O) groups is 1. The molecular weight excluding hydrogens is 260 g/mol. The van der Waals surface area contributed by atoms with E-state index < -0.39 is 0 Å². The molecule has 3 heteroatoms. The van der Waals surface area contributed by atoms with Crippen LogP contribution in [0.5, 0.6) is 0 Å². The number of hydrogen-bond acceptors (Lipinski definition) is 2. The maximum absolute atomic E-state index is 12.5. The fourth-order valence-corrected chi connectivity index (χ4v) is 3.23. The van der Waals surface area contributed by atoms with Gasteiger partial charge in [-0.25, -0.2) is 0 Å². The second kappa shape index (κ2) is 6.61. The predicted octanol–water partition coefficient (Wildman–Crippen LogP) is 3.33. The highest BCUT2D eigenvalue weighted by Crippen LogP contribution is 2.32. The first kappa shape index (κ1) is 16.0. The molecule has 1 aromatic rings. The minimum atomic E-state index is -0.367. The van der Waals surface area contributed by atoms with Crippen molar-refractivity contribution >= 4 is 5.91 Å². The van der Waals surface area contributed by atoms with Crippen LogP contribution in [0.4, 0.5) is 0 Å². The Bertz CT molecular complexity index is 478. The monoisotopic (exact) mass is 288 g/mol. The van der Waals surface area contributed by atoms with Gasteiger partial charge >= 0.3 is 0 Å². The molecule has 1 aliphatic carbocycles. The largest absolute Gasteiger partial charge is 0.349 e. The van der Waals surface area contributed by atoms with Crippen molar-refractivity contribution in [3.63, 3.8) is 0 Å². The van der Waals surface area contributed by atoms with Crippen molar-refractivity contribution in [2.45, 2.75) is 64.5 Å². The van der Waals surface area contributed by atoms with Crippen LogP contribution in [-0.4, -0.2) is 11.4 Å². The Morgan fingerprint density at radius 2 is 2.05 bits per heavy atom. The number of hydrogen-bond donors (Lipinski definition) is 2. The first-order chi connectivity index (χ1) is 9.94. The SMILES string of the molecule is CCc1ccc(C(C)NC(=O)C2CCCCC2(C)N)cc1. The summed E-state index contributed by atoms with van der Waals surface area (Å²) >= 11 is 0. The molecule has 1 aliphatic rings. The average molecular weight is 288 g/mol. The number of nitrogens with two attached hydrogens (primary N) is 1. The number of benzene rings is 1. The van der Waals surface area contributed by atoms with E-state index in [0.29, 0.717) is 0 Å². The molecular formula is C18H28N2O. The summed E-state index contributed by atoms with van der Waals surface area (Å²) in [6, 6.07) is 8.50. The van der Waals surface area contributed by atoms with Gasteiger partial charge in [-0.1, -0.05) is 44.0 Å². The van der Waals surface area contributed by atoms with Gasteiger partial charge in [0.2, 0.25) is 5.91 Å². The highest BCUT2D eigenvalue weighted by Gasteiger charge is 2.38. The lowest BCUT2D eigenvalue weighted by atomic mass is 9.74. The third-order valence-electron chi connectivity index (χ3n) is 4.82. The van der Waals surface area contributed by atoms with E-state index in [0.717, 1.165) is 37.7 Å². The highest BCUT2D eigenvalue weighted by molar-refractivity contribution is 5.80. The zero-order valence-electron chi connectivity index (χ0n) is 13.5. The number of carbonyl (C=O) groups excluding carboxylic acids is 1. The number of amides is 1. The Kier molecular flexibility index (Phi) is 5.04. The molecule has 0 aliphatic heterocycles. The molecule has 3 N–H and O–H groups in total. The average Bonchev–Trinajstić information content (AvgIpc) is 2.46. The Labute approximate surface area is 128 Å². The Morgan fingerprint density at radius 1 is 1.38 bits per heavy atom. The topological polar surface area (TPSA) is 55.1 Å². The van der Waals surface area contributed by atoms with Gasteiger partial charge in [0.15, 0.2) is 0 Å². The standard InChI is InChI=1S/C18H28N2O/c1-4-14-8-10-15(11-9-14)13(2)20-17(21)16-7-5-6-12-18(16,3)19/h8-11,13,16H,4-7,12,19H2,1-3H3,(H,20,21). The van der Waals surface area contributed by atoms with Gasteiger partial charge in [-0.2, -0.15) is 0 Å². The Hall–Kier alpha value is -1.35. The van der Waals surface area contributed by atoms with Crippen LogP contribution >= 0.6 is 0 Å². The van der Waals surface area contributed by atoms with Crippen molar-refractivity contribution in [2.24, 2.45) is 11.7 Å². The van der Waals surface area contributed by atoms with E-state index in [1.807, 2.05) is 13.8 Å². The molecule has 0 spiro atoms. The van der Waals surface area contributed by atoms with Crippen molar-refractivity contribution in [1.82, 2.24) is 5.32 Å².